The standard InChI is InChI=1S/C23H33F3N6O/c1-13(2)30-19(11-18(27)14-8-20(22(28)29-12-14)33-23(24,25)26)21-16-9-15(10-17(16)21)32-6-4-31(3)5-7-32/h8,11-13,15-17,21H,4-7,9-10,27H2,1-3H3,(H2,28,29)/t15?,16-,17+,21?. The van der Waals surface area contributed by atoms with Crippen molar-refractivity contribution in [1.29, 1.82) is 0 Å². The number of piperazine rings is 1. The number of nitrogens with zero attached hydrogens (tertiary/aromatic N) is 4. The lowest BCUT2D eigenvalue weighted by Gasteiger charge is -2.37. The zero-order valence-corrected chi connectivity index (χ0v) is 19.3. The van der Waals surface area contributed by atoms with Crippen LogP contribution in [0.5, 0.6) is 5.75 Å². The van der Waals surface area contributed by atoms with E-state index in [2.05, 4.69) is 26.6 Å². The molecule has 0 radical (unpaired) electrons. The first kappa shape index (κ1) is 23.8. The van der Waals surface area contributed by atoms with Gasteiger partial charge in [0.1, 0.15) is 0 Å². The molecular weight excluding hydrogens is 433 g/mol. The van der Waals surface area contributed by atoms with Crippen molar-refractivity contribution in [2.45, 2.75) is 45.1 Å². The molecule has 4 N–H and O–H groups in total. The Bertz CT molecular complexity index is 911. The molecule has 1 aromatic rings. The van der Waals surface area contributed by atoms with Gasteiger partial charge in [0, 0.05) is 67.3 Å². The Morgan fingerprint density at radius 3 is 2.42 bits per heavy atom. The first-order valence-electron chi connectivity index (χ1n) is 11.5. The van der Waals surface area contributed by atoms with Crippen molar-refractivity contribution < 1.29 is 17.9 Å². The number of alkyl halides is 3. The summed E-state index contributed by atoms with van der Waals surface area (Å²) in [5.74, 6) is 0.626. The SMILES string of the molecule is CC(C)N=C(C=C(N)c1cnc(N)c(OC(F)(F)F)c1)C1[C@H]2CC(N3CCN(C)CC3)C[C@@H]12. The summed E-state index contributed by atoms with van der Waals surface area (Å²) in [5, 5.41) is 0. The topological polar surface area (TPSA) is 93.0 Å². The Balaban J connectivity index is 1.47. The number of aliphatic imine (C=N–C) groups is 1. The highest BCUT2D eigenvalue weighted by molar-refractivity contribution is 6.04. The molecule has 0 spiro atoms. The Hall–Kier alpha value is -2.33. The smallest absolute Gasteiger partial charge is 0.402 e. The van der Waals surface area contributed by atoms with E-state index in [4.69, 9.17) is 16.5 Å². The molecule has 1 aliphatic heterocycles. The Labute approximate surface area is 192 Å². The first-order valence-corrected chi connectivity index (χ1v) is 11.5. The van der Waals surface area contributed by atoms with E-state index in [1.807, 2.05) is 13.8 Å². The average molecular weight is 467 g/mol. The number of allylic oxidation sites excluding steroid dienone is 1. The molecule has 3 fully saturated rings. The van der Waals surface area contributed by atoms with Crippen molar-refractivity contribution in [1.82, 2.24) is 14.8 Å². The van der Waals surface area contributed by atoms with E-state index in [0.717, 1.165) is 44.7 Å². The van der Waals surface area contributed by atoms with Crippen molar-refractivity contribution in [3.8, 4) is 5.75 Å². The number of rotatable bonds is 6. The quantitative estimate of drug-likeness (QED) is 0.627. The van der Waals surface area contributed by atoms with Crippen LogP contribution in [0.4, 0.5) is 19.0 Å². The maximum atomic E-state index is 12.7. The second-order valence-corrected chi connectivity index (χ2v) is 9.72. The molecule has 4 atom stereocenters. The molecular formula is C23H33F3N6O. The largest absolute Gasteiger partial charge is 0.573 e. The minimum absolute atomic E-state index is 0.0903. The van der Waals surface area contributed by atoms with Crippen molar-refractivity contribution in [2.75, 3.05) is 39.0 Å². The molecule has 3 aliphatic rings. The third-order valence-corrected chi connectivity index (χ3v) is 6.97. The van der Waals surface area contributed by atoms with E-state index in [1.165, 1.54) is 12.3 Å². The lowest BCUT2D eigenvalue weighted by molar-refractivity contribution is -0.274. The van der Waals surface area contributed by atoms with E-state index in [9.17, 15) is 13.2 Å². The van der Waals surface area contributed by atoms with Crippen LogP contribution in [-0.2, 0) is 0 Å². The normalized spacial score (nSPS) is 29.4. The van der Waals surface area contributed by atoms with Crippen LogP contribution < -0.4 is 16.2 Å². The molecule has 2 saturated carbocycles. The van der Waals surface area contributed by atoms with Crippen molar-refractivity contribution in [2.24, 2.45) is 28.5 Å². The number of halogens is 3. The van der Waals surface area contributed by atoms with Gasteiger partial charge in [0.2, 0.25) is 0 Å². The highest BCUT2D eigenvalue weighted by Gasteiger charge is 2.58. The molecule has 2 heterocycles. The van der Waals surface area contributed by atoms with Gasteiger partial charge in [-0.1, -0.05) is 0 Å². The Morgan fingerprint density at radius 2 is 1.85 bits per heavy atom. The summed E-state index contributed by atoms with van der Waals surface area (Å²) in [7, 11) is 2.17. The molecule has 1 aromatic heterocycles. The van der Waals surface area contributed by atoms with Crippen LogP contribution in [-0.4, -0.2) is 72.2 Å². The third-order valence-electron chi connectivity index (χ3n) is 6.97. The summed E-state index contributed by atoms with van der Waals surface area (Å²) in [6.45, 7) is 8.49. The zero-order chi connectivity index (χ0) is 23.9. The molecule has 33 heavy (non-hydrogen) atoms. The van der Waals surface area contributed by atoms with Crippen LogP contribution in [0, 0.1) is 17.8 Å². The zero-order valence-electron chi connectivity index (χ0n) is 19.3. The number of nitrogens with two attached hydrogens (primary N) is 2. The Kier molecular flexibility index (Phi) is 6.59. The molecule has 4 rings (SSSR count). The van der Waals surface area contributed by atoms with Gasteiger partial charge in [0.25, 0.3) is 0 Å². The molecule has 10 heteroatoms. The van der Waals surface area contributed by atoms with Crippen molar-refractivity contribution in [3.05, 3.63) is 23.9 Å². The van der Waals surface area contributed by atoms with Crippen LogP contribution in [0.3, 0.4) is 0 Å². The predicted molar refractivity (Wildman–Crippen MR) is 123 cm³/mol. The van der Waals surface area contributed by atoms with E-state index < -0.39 is 12.1 Å². The van der Waals surface area contributed by atoms with Crippen LogP contribution >= 0.6 is 0 Å². The predicted octanol–water partition coefficient (Wildman–Crippen LogP) is 2.98. The van der Waals surface area contributed by atoms with Gasteiger partial charge < -0.3 is 21.1 Å². The highest BCUT2D eigenvalue weighted by Crippen LogP contribution is 2.59. The second kappa shape index (κ2) is 9.13. The highest BCUT2D eigenvalue weighted by atomic mass is 19.4. The van der Waals surface area contributed by atoms with E-state index in [0.29, 0.717) is 35.1 Å². The van der Waals surface area contributed by atoms with Crippen LogP contribution in [0.25, 0.3) is 5.70 Å². The van der Waals surface area contributed by atoms with E-state index >= 15 is 0 Å². The molecule has 2 aliphatic carbocycles. The first-order chi connectivity index (χ1) is 15.5. The molecule has 0 bridgehead atoms. The number of anilines is 1. The molecule has 182 valence electrons. The number of nitrogen functional groups attached to an aromatic ring is 1. The number of aromatic nitrogens is 1. The van der Waals surface area contributed by atoms with Crippen LogP contribution in [0.15, 0.2) is 23.3 Å². The molecule has 0 aromatic carbocycles. The number of ether oxygens (including phenoxy) is 1. The summed E-state index contributed by atoms with van der Waals surface area (Å²) in [6.07, 6.45) is 0.615. The van der Waals surface area contributed by atoms with Crippen LogP contribution in [0.2, 0.25) is 0 Å². The number of fused-ring (bicyclic) bond motifs is 1. The van der Waals surface area contributed by atoms with E-state index in [-0.39, 0.29) is 11.9 Å². The van der Waals surface area contributed by atoms with Gasteiger partial charge in [-0.2, -0.15) is 0 Å². The lowest BCUT2D eigenvalue weighted by atomic mass is 10.00. The summed E-state index contributed by atoms with van der Waals surface area (Å²) in [4.78, 5) is 13.6. The summed E-state index contributed by atoms with van der Waals surface area (Å²) >= 11 is 0. The number of likely N-dealkylation sites (N-methyl/N-ethyl adjacent to an activating group) is 1. The lowest BCUT2D eigenvalue weighted by Crippen LogP contribution is -2.48. The van der Waals surface area contributed by atoms with Gasteiger partial charge >= 0.3 is 6.36 Å². The van der Waals surface area contributed by atoms with E-state index in [1.54, 1.807) is 6.08 Å². The average Bonchev–Trinajstić information content (AvgIpc) is 3.21. The monoisotopic (exact) mass is 466 g/mol. The minimum atomic E-state index is -4.86. The third kappa shape index (κ3) is 5.60. The summed E-state index contributed by atoms with van der Waals surface area (Å²) in [5.41, 5.74) is 13.4. The minimum Gasteiger partial charge on any atom is -0.402 e. The molecule has 1 saturated heterocycles. The maximum absolute atomic E-state index is 12.7. The van der Waals surface area contributed by atoms with Gasteiger partial charge in [-0.25, -0.2) is 4.98 Å². The van der Waals surface area contributed by atoms with Gasteiger partial charge in [0.15, 0.2) is 11.6 Å². The Morgan fingerprint density at radius 1 is 1.21 bits per heavy atom. The van der Waals surface area contributed by atoms with Crippen LogP contribution in [0.1, 0.15) is 32.3 Å². The summed E-state index contributed by atoms with van der Waals surface area (Å²) < 4.78 is 42.0. The second-order valence-electron chi connectivity index (χ2n) is 9.72. The fourth-order valence-electron chi connectivity index (χ4n) is 5.32. The number of pyridine rings is 1. The van der Waals surface area contributed by atoms with Gasteiger partial charge in [-0.3, -0.25) is 9.89 Å². The van der Waals surface area contributed by atoms with Gasteiger partial charge in [-0.15, -0.1) is 13.2 Å². The van der Waals surface area contributed by atoms with Crippen molar-refractivity contribution in [3.63, 3.8) is 0 Å². The molecule has 2 unspecified atom stereocenters. The maximum Gasteiger partial charge on any atom is 0.573 e. The summed E-state index contributed by atoms with van der Waals surface area (Å²) in [6, 6.07) is 1.90. The van der Waals surface area contributed by atoms with Gasteiger partial charge in [-0.05, 0) is 57.7 Å². The fraction of sp³-hybridized carbons (Fsp3) is 0.652. The number of hydrogen-bond donors (Lipinski definition) is 2. The fourth-order valence-corrected chi connectivity index (χ4v) is 5.32. The van der Waals surface area contributed by atoms with Crippen molar-refractivity contribution >= 4 is 17.2 Å². The van der Waals surface area contributed by atoms with Gasteiger partial charge in [0.05, 0.1) is 0 Å². The molecule has 0 amide bonds. The number of hydrogen-bond acceptors (Lipinski definition) is 7. The molecule has 7 nitrogen and oxygen atoms in total.